The molecule has 43 heavy (non-hydrogen) atoms. The van der Waals surface area contributed by atoms with E-state index >= 15 is 0 Å². The number of carbonyl (C=O) groups excluding carboxylic acids is 1. The second kappa shape index (κ2) is 13.7. The fraction of sp³-hybridized carbons (Fsp3) is 0.258. The van der Waals surface area contributed by atoms with E-state index in [4.69, 9.17) is 35.9 Å². The summed E-state index contributed by atoms with van der Waals surface area (Å²) in [7, 11) is 1.59. The van der Waals surface area contributed by atoms with Crippen LogP contribution in [0.3, 0.4) is 0 Å². The van der Waals surface area contributed by atoms with E-state index in [-0.39, 0.29) is 5.91 Å². The predicted octanol–water partition coefficient (Wildman–Crippen LogP) is 7.72. The molecule has 0 spiro atoms. The molecule has 224 valence electrons. The predicted molar refractivity (Wildman–Crippen MR) is 174 cm³/mol. The van der Waals surface area contributed by atoms with Crippen molar-refractivity contribution in [3.05, 3.63) is 92.6 Å². The number of para-hydroxylation sites is 2. The summed E-state index contributed by atoms with van der Waals surface area (Å²) >= 11 is 11.5. The maximum Gasteiger partial charge on any atom is 0.255 e. The highest BCUT2D eigenvalue weighted by molar-refractivity contribution is 9.10. The lowest BCUT2D eigenvalue weighted by Crippen LogP contribution is -2.31. The van der Waals surface area contributed by atoms with E-state index in [1.54, 1.807) is 11.8 Å². The van der Waals surface area contributed by atoms with Crippen LogP contribution in [0.25, 0.3) is 0 Å². The Hall–Kier alpha value is -3.67. The second-order valence-electron chi connectivity index (χ2n) is 9.46. The number of carbonyl (C=O) groups is 1. The molecule has 1 aliphatic rings. The minimum atomic E-state index is -0.640. The lowest BCUT2D eigenvalue weighted by Gasteiger charge is -2.29. The fourth-order valence-corrected chi connectivity index (χ4v) is 6.54. The van der Waals surface area contributed by atoms with E-state index in [1.165, 1.54) is 11.8 Å². The van der Waals surface area contributed by atoms with E-state index < -0.39 is 6.04 Å². The summed E-state index contributed by atoms with van der Waals surface area (Å²) in [6.45, 7) is 6.56. The van der Waals surface area contributed by atoms with Crippen molar-refractivity contribution < 1.29 is 19.0 Å². The summed E-state index contributed by atoms with van der Waals surface area (Å²) in [6, 6.07) is 18.2. The van der Waals surface area contributed by atoms with Gasteiger partial charge >= 0.3 is 0 Å². The second-order valence-corrected chi connectivity index (χ2v) is 11.7. The van der Waals surface area contributed by atoms with Gasteiger partial charge in [-0.25, -0.2) is 4.68 Å². The van der Waals surface area contributed by atoms with Gasteiger partial charge in [-0.2, -0.15) is 4.98 Å². The lowest BCUT2D eigenvalue weighted by atomic mass is 9.94. The number of methoxy groups -OCH3 is 1. The molecule has 1 aromatic heterocycles. The number of rotatable bonds is 11. The first kappa shape index (κ1) is 30.8. The quantitative estimate of drug-likeness (QED) is 0.155. The number of thioether (sulfide) groups is 1. The Morgan fingerprint density at radius 1 is 1.09 bits per heavy atom. The first-order valence-electron chi connectivity index (χ1n) is 13.7. The standard InChI is InChI=1S/C31H31BrClN5O4S/c1-5-41-24-14-10-9-13-23(24)35-29(39)26-18(3)34-30-36-31(43-17-19-11-7-8-12-22(19)33)37-38(30)27(26)20-15-21(32)28(40-4)25(16-20)42-6-2/h7-16,27H,5-6,17H2,1-4H3,(H,35,39)(H,34,36,37). The van der Waals surface area contributed by atoms with Gasteiger partial charge in [0, 0.05) is 16.5 Å². The maximum absolute atomic E-state index is 14.1. The number of anilines is 2. The van der Waals surface area contributed by atoms with Crippen molar-refractivity contribution in [2.45, 2.75) is 37.7 Å². The molecule has 2 heterocycles. The number of amides is 1. The Morgan fingerprint density at radius 3 is 2.56 bits per heavy atom. The van der Waals surface area contributed by atoms with Gasteiger partial charge in [-0.3, -0.25) is 4.79 Å². The average Bonchev–Trinajstić information content (AvgIpc) is 3.39. The molecule has 0 fully saturated rings. The monoisotopic (exact) mass is 683 g/mol. The summed E-state index contributed by atoms with van der Waals surface area (Å²) in [4.78, 5) is 18.8. The van der Waals surface area contributed by atoms with Crippen LogP contribution in [0.4, 0.5) is 11.6 Å². The zero-order valence-electron chi connectivity index (χ0n) is 24.1. The normalized spacial score (nSPS) is 14.1. The smallest absolute Gasteiger partial charge is 0.255 e. The van der Waals surface area contributed by atoms with E-state index in [0.29, 0.717) is 73.8 Å². The number of allylic oxidation sites excluding steroid dienone is 1. The molecule has 1 amide bonds. The number of halogens is 2. The van der Waals surface area contributed by atoms with Gasteiger partial charge in [0.25, 0.3) is 5.91 Å². The zero-order valence-corrected chi connectivity index (χ0v) is 27.3. The molecule has 0 bridgehead atoms. The maximum atomic E-state index is 14.1. The van der Waals surface area contributed by atoms with E-state index in [9.17, 15) is 4.79 Å². The van der Waals surface area contributed by atoms with Crippen molar-refractivity contribution in [2.24, 2.45) is 0 Å². The van der Waals surface area contributed by atoms with Crippen LogP contribution in [-0.2, 0) is 10.5 Å². The summed E-state index contributed by atoms with van der Waals surface area (Å²) in [6.07, 6.45) is 0. The first-order valence-corrected chi connectivity index (χ1v) is 15.8. The van der Waals surface area contributed by atoms with Crippen molar-refractivity contribution in [1.29, 1.82) is 0 Å². The van der Waals surface area contributed by atoms with Crippen LogP contribution in [0, 0.1) is 0 Å². The summed E-state index contributed by atoms with van der Waals surface area (Å²) in [5.74, 6) is 2.49. The summed E-state index contributed by atoms with van der Waals surface area (Å²) < 4.78 is 19.7. The van der Waals surface area contributed by atoms with Gasteiger partial charge in [0.05, 0.1) is 36.1 Å². The van der Waals surface area contributed by atoms with Gasteiger partial charge in [-0.15, -0.1) is 5.10 Å². The van der Waals surface area contributed by atoms with Crippen LogP contribution in [-0.4, -0.2) is 41.0 Å². The number of benzene rings is 3. The Labute approximate surface area is 268 Å². The fourth-order valence-electron chi connectivity index (χ4n) is 4.80. The summed E-state index contributed by atoms with van der Waals surface area (Å²) in [5, 5.41) is 12.4. The van der Waals surface area contributed by atoms with Crippen molar-refractivity contribution >= 4 is 56.8 Å². The van der Waals surface area contributed by atoms with Crippen LogP contribution >= 0.6 is 39.3 Å². The number of ether oxygens (including phenoxy) is 3. The van der Waals surface area contributed by atoms with E-state index in [0.717, 1.165) is 11.1 Å². The molecular weight excluding hydrogens is 654 g/mol. The molecule has 1 atom stereocenters. The van der Waals surface area contributed by atoms with Gasteiger partial charge in [-0.05, 0) is 78.2 Å². The minimum absolute atomic E-state index is 0.307. The largest absolute Gasteiger partial charge is 0.492 e. The molecule has 12 heteroatoms. The van der Waals surface area contributed by atoms with Crippen molar-refractivity contribution in [3.8, 4) is 17.2 Å². The molecule has 9 nitrogen and oxygen atoms in total. The number of nitrogens with one attached hydrogen (secondary N) is 2. The number of fused-ring (bicyclic) bond motifs is 1. The van der Waals surface area contributed by atoms with E-state index in [2.05, 4.69) is 26.6 Å². The molecule has 0 radical (unpaired) electrons. The zero-order chi connectivity index (χ0) is 30.5. The molecule has 0 saturated carbocycles. The number of nitrogens with zero attached hydrogens (tertiary/aromatic N) is 3. The molecule has 2 N–H and O–H groups in total. The van der Waals surface area contributed by atoms with Crippen LogP contribution in [0.1, 0.15) is 37.9 Å². The third-order valence-electron chi connectivity index (χ3n) is 6.68. The topological polar surface area (TPSA) is 99.5 Å². The third-order valence-corrected chi connectivity index (χ3v) is 8.52. The molecule has 1 unspecified atom stereocenters. The average molecular weight is 685 g/mol. The Bertz CT molecular complexity index is 1680. The molecule has 0 aliphatic carbocycles. The number of aromatic nitrogens is 3. The van der Waals surface area contributed by atoms with Crippen molar-refractivity contribution in [1.82, 2.24) is 14.8 Å². The molecule has 5 rings (SSSR count). The lowest BCUT2D eigenvalue weighted by molar-refractivity contribution is -0.113. The number of hydrogen-bond donors (Lipinski definition) is 2. The minimum Gasteiger partial charge on any atom is -0.492 e. The highest BCUT2D eigenvalue weighted by Crippen LogP contribution is 2.43. The Kier molecular flexibility index (Phi) is 9.84. The van der Waals surface area contributed by atoms with Gasteiger partial charge < -0.3 is 24.8 Å². The Balaban J connectivity index is 1.57. The third kappa shape index (κ3) is 6.63. The van der Waals surface area contributed by atoms with Crippen LogP contribution in [0.2, 0.25) is 5.02 Å². The van der Waals surface area contributed by atoms with Crippen LogP contribution in [0.15, 0.2) is 81.6 Å². The molecule has 1 aliphatic heterocycles. The van der Waals surface area contributed by atoms with Gasteiger partial charge in [0.1, 0.15) is 11.8 Å². The molecule has 4 aromatic rings. The van der Waals surface area contributed by atoms with Crippen LogP contribution < -0.4 is 24.8 Å². The van der Waals surface area contributed by atoms with Gasteiger partial charge in [0.2, 0.25) is 11.1 Å². The molecular formula is C31H31BrClN5O4S. The van der Waals surface area contributed by atoms with E-state index in [1.807, 2.05) is 81.4 Å². The Morgan fingerprint density at radius 2 is 1.81 bits per heavy atom. The number of hydrogen-bond acceptors (Lipinski definition) is 8. The first-order chi connectivity index (χ1) is 20.8. The van der Waals surface area contributed by atoms with Crippen molar-refractivity contribution in [3.63, 3.8) is 0 Å². The summed E-state index contributed by atoms with van der Waals surface area (Å²) in [5.41, 5.74) is 3.41. The highest BCUT2D eigenvalue weighted by atomic mass is 79.9. The highest BCUT2D eigenvalue weighted by Gasteiger charge is 2.36. The van der Waals surface area contributed by atoms with Gasteiger partial charge in [-0.1, -0.05) is 53.7 Å². The molecule has 0 saturated heterocycles. The SMILES string of the molecule is CCOc1ccccc1NC(=O)C1=C(C)Nc2nc(SCc3ccccc3Cl)nn2C1c1cc(Br)c(OC)c(OCC)c1. The molecule has 3 aromatic carbocycles. The van der Waals surface area contributed by atoms with Gasteiger partial charge in [0.15, 0.2) is 11.5 Å². The van der Waals surface area contributed by atoms with Crippen molar-refractivity contribution in [2.75, 3.05) is 31.0 Å². The van der Waals surface area contributed by atoms with Crippen LogP contribution in [0.5, 0.6) is 17.2 Å².